The number of rotatable bonds is 5. The van der Waals surface area contributed by atoms with Crippen molar-refractivity contribution in [2.75, 3.05) is 6.61 Å². The first kappa shape index (κ1) is 13.6. The normalized spacial score (nSPS) is 12.4. The van der Waals surface area contributed by atoms with E-state index in [9.17, 15) is 0 Å². The van der Waals surface area contributed by atoms with Gasteiger partial charge in [-0.3, -0.25) is 4.98 Å². The molecule has 0 radical (unpaired) electrons. The fourth-order valence-electron chi connectivity index (χ4n) is 2.04. The number of aromatic nitrogens is 1. The van der Waals surface area contributed by atoms with Gasteiger partial charge in [-0.2, -0.15) is 0 Å². The van der Waals surface area contributed by atoms with Crippen molar-refractivity contribution in [2.45, 2.75) is 33.2 Å². The van der Waals surface area contributed by atoms with E-state index in [0.717, 1.165) is 34.8 Å². The molecule has 0 aliphatic heterocycles. The van der Waals surface area contributed by atoms with E-state index < -0.39 is 0 Å². The molecule has 0 saturated carbocycles. The third-order valence-corrected chi connectivity index (χ3v) is 2.98. The second kappa shape index (κ2) is 5.89. The summed E-state index contributed by atoms with van der Waals surface area (Å²) >= 11 is 0. The first-order valence-electron chi connectivity index (χ1n) is 6.52. The minimum Gasteiger partial charge on any atom is -0.492 e. The number of furan rings is 1. The van der Waals surface area contributed by atoms with Gasteiger partial charge < -0.3 is 14.9 Å². The standard InChI is InChI=1S/C15H20N2O2/c1-4-5-18-13-7-12(8-17-9-13)15(16)14-6-10(2)19-11(14)3/h6-9,15H,4-5,16H2,1-3H3. The first-order valence-corrected chi connectivity index (χ1v) is 6.52. The molecule has 0 aliphatic rings. The van der Waals surface area contributed by atoms with Gasteiger partial charge in [-0.15, -0.1) is 0 Å². The van der Waals surface area contributed by atoms with Crippen LogP contribution in [0.4, 0.5) is 0 Å². The van der Waals surface area contributed by atoms with Crippen LogP contribution in [-0.2, 0) is 0 Å². The molecule has 2 aromatic heterocycles. The summed E-state index contributed by atoms with van der Waals surface area (Å²) in [7, 11) is 0. The summed E-state index contributed by atoms with van der Waals surface area (Å²) in [5.74, 6) is 2.48. The van der Waals surface area contributed by atoms with Gasteiger partial charge in [0.15, 0.2) is 0 Å². The average molecular weight is 260 g/mol. The van der Waals surface area contributed by atoms with Crippen LogP contribution < -0.4 is 10.5 Å². The second-order valence-corrected chi connectivity index (χ2v) is 4.65. The summed E-state index contributed by atoms with van der Waals surface area (Å²) < 4.78 is 11.1. The molecule has 2 N–H and O–H groups in total. The smallest absolute Gasteiger partial charge is 0.137 e. The molecule has 0 bridgehead atoms. The first-order chi connectivity index (χ1) is 9.11. The summed E-state index contributed by atoms with van der Waals surface area (Å²) in [6, 6.07) is 3.67. The quantitative estimate of drug-likeness (QED) is 0.897. The van der Waals surface area contributed by atoms with Crippen LogP contribution >= 0.6 is 0 Å². The van der Waals surface area contributed by atoms with Crippen molar-refractivity contribution < 1.29 is 9.15 Å². The van der Waals surface area contributed by atoms with Crippen molar-refractivity contribution in [3.8, 4) is 5.75 Å². The maximum absolute atomic E-state index is 6.27. The van der Waals surface area contributed by atoms with Gasteiger partial charge in [0.1, 0.15) is 17.3 Å². The second-order valence-electron chi connectivity index (χ2n) is 4.65. The minimum atomic E-state index is -0.241. The van der Waals surface area contributed by atoms with Gasteiger partial charge in [0.05, 0.1) is 18.8 Å². The highest BCUT2D eigenvalue weighted by Gasteiger charge is 2.16. The van der Waals surface area contributed by atoms with Crippen molar-refractivity contribution in [1.29, 1.82) is 0 Å². The van der Waals surface area contributed by atoms with Gasteiger partial charge in [-0.1, -0.05) is 6.92 Å². The van der Waals surface area contributed by atoms with Crippen LogP contribution in [0, 0.1) is 13.8 Å². The number of ether oxygens (including phenoxy) is 1. The lowest BCUT2D eigenvalue weighted by atomic mass is 10.0. The lowest BCUT2D eigenvalue weighted by Gasteiger charge is -2.12. The number of nitrogens with two attached hydrogens (primary N) is 1. The van der Waals surface area contributed by atoms with Crippen LogP contribution in [-0.4, -0.2) is 11.6 Å². The maximum Gasteiger partial charge on any atom is 0.137 e. The van der Waals surface area contributed by atoms with Crippen LogP contribution in [0.3, 0.4) is 0 Å². The molecule has 0 fully saturated rings. The monoisotopic (exact) mass is 260 g/mol. The molecular weight excluding hydrogens is 240 g/mol. The highest BCUT2D eigenvalue weighted by atomic mass is 16.5. The van der Waals surface area contributed by atoms with E-state index >= 15 is 0 Å². The van der Waals surface area contributed by atoms with Gasteiger partial charge in [0, 0.05) is 11.8 Å². The van der Waals surface area contributed by atoms with E-state index in [0.29, 0.717) is 6.61 Å². The van der Waals surface area contributed by atoms with Crippen LogP contribution in [0.1, 0.15) is 42.0 Å². The van der Waals surface area contributed by atoms with Crippen LogP contribution in [0.2, 0.25) is 0 Å². The van der Waals surface area contributed by atoms with Gasteiger partial charge in [-0.25, -0.2) is 0 Å². The van der Waals surface area contributed by atoms with Gasteiger partial charge in [0.2, 0.25) is 0 Å². The summed E-state index contributed by atoms with van der Waals surface area (Å²) in [5.41, 5.74) is 8.19. The molecule has 102 valence electrons. The van der Waals surface area contributed by atoms with Crippen LogP contribution in [0.15, 0.2) is 28.9 Å². The van der Waals surface area contributed by atoms with Crippen LogP contribution in [0.5, 0.6) is 5.75 Å². The van der Waals surface area contributed by atoms with Gasteiger partial charge in [0.25, 0.3) is 0 Å². The van der Waals surface area contributed by atoms with E-state index in [2.05, 4.69) is 11.9 Å². The molecule has 1 unspecified atom stereocenters. The molecule has 0 aromatic carbocycles. The van der Waals surface area contributed by atoms with E-state index in [1.165, 1.54) is 0 Å². The summed E-state index contributed by atoms with van der Waals surface area (Å²) in [6.45, 7) is 6.60. The molecular formula is C15H20N2O2. The SMILES string of the molecule is CCCOc1cncc(C(N)c2cc(C)oc2C)c1. The van der Waals surface area contributed by atoms with Crippen molar-refractivity contribution in [2.24, 2.45) is 5.73 Å². The number of nitrogens with zero attached hydrogens (tertiary/aromatic N) is 1. The zero-order chi connectivity index (χ0) is 13.8. The Hall–Kier alpha value is -1.81. The molecule has 1 atom stereocenters. The molecule has 4 heteroatoms. The molecule has 0 spiro atoms. The van der Waals surface area contributed by atoms with E-state index in [-0.39, 0.29) is 6.04 Å². The average Bonchev–Trinajstić information content (AvgIpc) is 2.75. The maximum atomic E-state index is 6.27. The Morgan fingerprint density at radius 1 is 1.32 bits per heavy atom. The summed E-state index contributed by atoms with van der Waals surface area (Å²) in [4.78, 5) is 4.18. The predicted octanol–water partition coefficient (Wildman–Crippen LogP) is 3.13. The number of aryl methyl sites for hydroxylation is 2. The molecule has 2 aromatic rings. The molecule has 19 heavy (non-hydrogen) atoms. The number of hydrogen-bond acceptors (Lipinski definition) is 4. The van der Waals surface area contributed by atoms with Crippen molar-refractivity contribution in [3.63, 3.8) is 0 Å². The van der Waals surface area contributed by atoms with Crippen LogP contribution in [0.25, 0.3) is 0 Å². The van der Waals surface area contributed by atoms with E-state index in [1.807, 2.05) is 26.0 Å². The van der Waals surface area contributed by atoms with E-state index in [4.69, 9.17) is 14.9 Å². The molecule has 2 rings (SSSR count). The summed E-state index contributed by atoms with van der Waals surface area (Å²) in [5, 5.41) is 0. The van der Waals surface area contributed by atoms with Crippen molar-refractivity contribution >= 4 is 0 Å². The summed E-state index contributed by atoms with van der Waals surface area (Å²) in [6.07, 6.45) is 4.45. The highest BCUT2D eigenvalue weighted by molar-refractivity contribution is 5.35. The molecule has 2 heterocycles. The van der Waals surface area contributed by atoms with Crippen molar-refractivity contribution in [3.05, 3.63) is 47.2 Å². The third kappa shape index (κ3) is 3.15. The fourth-order valence-corrected chi connectivity index (χ4v) is 2.04. The van der Waals surface area contributed by atoms with Gasteiger partial charge >= 0.3 is 0 Å². The van der Waals surface area contributed by atoms with Gasteiger partial charge in [-0.05, 0) is 38.0 Å². The topological polar surface area (TPSA) is 61.3 Å². The molecule has 0 aliphatic carbocycles. The molecule has 0 amide bonds. The van der Waals surface area contributed by atoms with Crippen molar-refractivity contribution in [1.82, 2.24) is 4.98 Å². The zero-order valence-electron chi connectivity index (χ0n) is 11.6. The zero-order valence-corrected chi connectivity index (χ0v) is 11.6. The minimum absolute atomic E-state index is 0.241. The predicted molar refractivity (Wildman–Crippen MR) is 74.2 cm³/mol. The lowest BCUT2D eigenvalue weighted by Crippen LogP contribution is -2.12. The molecule has 0 saturated heterocycles. The Kier molecular flexibility index (Phi) is 4.22. The number of pyridine rings is 1. The Morgan fingerprint density at radius 2 is 2.11 bits per heavy atom. The van der Waals surface area contributed by atoms with E-state index in [1.54, 1.807) is 12.4 Å². The lowest BCUT2D eigenvalue weighted by molar-refractivity contribution is 0.315. The number of hydrogen-bond donors (Lipinski definition) is 1. The Bertz CT molecular complexity index is 549. The Morgan fingerprint density at radius 3 is 2.74 bits per heavy atom. The Balaban J connectivity index is 2.23. The Labute approximate surface area is 113 Å². The molecule has 4 nitrogen and oxygen atoms in total. The fraction of sp³-hybridized carbons (Fsp3) is 0.400. The largest absolute Gasteiger partial charge is 0.492 e. The third-order valence-electron chi connectivity index (χ3n) is 2.98. The highest BCUT2D eigenvalue weighted by Crippen LogP contribution is 2.26.